The highest BCUT2D eigenvalue weighted by Crippen LogP contribution is 2.28. The number of aromatic nitrogens is 2. The number of aromatic amines is 1. The molecule has 3 nitrogen and oxygen atoms in total. The molecule has 2 aromatic heterocycles. The minimum absolute atomic E-state index is 0.258. The van der Waals surface area contributed by atoms with Gasteiger partial charge in [0.05, 0.1) is 0 Å². The van der Waals surface area contributed by atoms with Crippen LogP contribution in [0.5, 0.6) is 0 Å². The molecule has 1 aromatic carbocycles. The molecule has 0 amide bonds. The van der Waals surface area contributed by atoms with Gasteiger partial charge in [-0.25, -0.2) is 4.98 Å². The molecule has 0 saturated heterocycles. The van der Waals surface area contributed by atoms with Gasteiger partial charge in [0.25, 0.3) is 0 Å². The van der Waals surface area contributed by atoms with Gasteiger partial charge in [0.2, 0.25) is 0 Å². The Hall–Kier alpha value is -2.16. The van der Waals surface area contributed by atoms with E-state index in [9.17, 15) is 4.79 Å². The van der Waals surface area contributed by atoms with Gasteiger partial charge < -0.3 is 9.78 Å². The fraction of sp³-hybridized carbons (Fsp3) is 0.200. The van der Waals surface area contributed by atoms with E-state index in [4.69, 9.17) is 0 Å². The number of fused-ring (bicyclic) bond motifs is 3. The number of carbonyl (C=O) groups excluding carboxylic acids is 1. The molecule has 1 N–H and O–H groups in total. The fourth-order valence-corrected chi connectivity index (χ4v) is 2.33. The van der Waals surface area contributed by atoms with Crippen molar-refractivity contribution in [1.29, 1.82) is 0 Å². The number of hydrogen-bond donors (Lipinski definition) is 1. The zero-order chi connectivity index (χ0) is 12.5. The van der Waals surface area contributed by atoms with Crippen molar-refractivity contribution in [2.24, 2.45) is 0 Å². The minimum atomic E-state index is 0.258. The van der Waals surface area contributed by atoms with Crippen molar-refractivity contribution in [1.82, 2.24) is 9.97 Å². The third kappa shape index (κ3) is 1.68. The number of carbonyl (C=O) groups is 1. The Bertz CT molecular complexity index is 715. The van der Waals surface area contributed by atoms with Crippen molar-refractivity contribution in [3.8, 4) is 0 Å². The molecular weight excluding hydrogens is 224 g/mol. The first-order valence-electron chi connectivity index (χ1n) is 6.09. The fourth-order valence-electron chi connectivity index (χ4n) is 2.33. The van der Waals surface area contributed by atoms with Gasteiger partial charge in [0, 0.05) is 28.9 Å². The van der Waals surface area contributed by atoms with Crippen LogP contribution in [0.3, 0.4) is 0 Å². The SMILES string of the molecule is CC(CC=O)c1ccc2[nH]c3ncccc3c2c1. The average Bonchev–Trinajstić information content (AvgIpc) is 2.76. The first-order valence-corrected chi connectivity index (χ1v) is 6.09. The Morgan fingerprint density at radius 3 is 3.06 bits per heavy atom. The van der Waals surface area contributed by atoms with Crippen molar-refractivity contribution in [3.63, 3.8) is 0 Å². The number of rotatable bonds is 3. The topological polar surface area (TPSA) is 45.8 Å². The standard InChI is InChI=1S/C15H14N2O/c1-10(6-8-18)11-4-5-14-13(9-11)12-3-2-7-16-15(12)17-14/h2-5,7-10H,6H2,1H3,(H,16,17). The Kier molecular flexibility index (Phi) is 2.59. The van der Waals surface area contributed by atoms with Crippen LogP contribution < -0.4 is 0 Å². The first-order chi connectivity index (χ1) is 8.79. The van der Waals surface area contributed by atoms with Crippen LogP contribution in [0.2, 0.25) is 0 Å². The minimum Gasteiger partial charge on any atom is -0.339 e. The van der Waals surface area contributed by atoms with Crippen LogP contribution in [-0.2, 0) is 4.79 Å². The summed E-state index contributed by atoms with van der Waals surface area (Å²) < 4.78 is 0. The molecule has 1 atom stereocenters. The molecule has 2 heterocycles. The first kappa shape index (κ1) is 11.0. The Balaban J connectivity index is 2.21. The van der Waals surface area contributed by atoms with Gasteiger partial charge in [0.1, 0.15) is 11.9 Å². The molecule has 3 rings (SSSR count). The number of benzene rings is 1. The van der Waals surface area contributed by atoms with Crippen LogP contribution in [0.15, 0.2) is 36.5 Å². The molecule has 0 aliphatic carbocycles. The molecule has 3 heteroatoms. The maximum atomic E-state index is 10.6. The summed E-state index contributed by atoms with van der Waals surface area (Å²) in [5.74, 6) is 0.258. The smallest absolute Gasteiger partial charge is 0.138 e. The lowest BCUT2D eigenvalue weighted by molar-refractivity contribution is -0.108. The van der Waals surface area contributed by atoms with E-state index < -0.39 is 0 Å². The number of pyridine rings is 1. The normalized spacial score (nSPS) is 12.9. The summed E-state index contributed by atoms with van der Waals surface area (Å²) in [5.41, 5.74) is 3.19. The maximum Gasteiger partial charge on any atom is 0.138 e. The predicted molar refractivity (Wildman–Crippen MR) is 72.7 cm³/mol. The largest absolute Gasteiger partial charge is 0.339 e. The molecule has 18 heavy (non-hydrogen) atoms. The summed E-state index contributed by atoms with van der Waals surface area (Å²) in [6.07, 6.45) is 3.32. The molecule has 90 valence electrons. The summed E-state index contributed by atoms with van der Waals surface area (Å²) in [6, 6.07) is 10.3. The van der Waals surface area contributed by atoms with E-state index in [0.717, 1.165) is 22.8 Å². The zero-order valence-corrected chi connectivity index (χ0v) is 10.2. The van der Waals surface area contributed by atoms with Gasteiger partial charge in [-0.3, -0.25) is 0 Å². The third-order valence-corrected chi connectivity index (χ3v) is 3.41. The van der Waals surface area contributed by atoms with E-state index in [1.807, 2.05) is 6.07 Å². The van der Waals surface area contributed by atoms with Gasteiger partial charge in [0.15, 0.2) is 0 Å². The molecule has 0 bridgehead atoms. The van der Waals surface area contributed by atoms with Crippen LogP contribution in [0, 0.1) is 0 Å². The number of aldehydes is 1. The number of nitrogens with one attached hydrogen (secondary N) is 1. The van der Waals surface area contributed by atoms with E-state index in [0.29, 0.717) is 6.42 Å². The highest BCUT2D eigenvalue weighted by Gasteiger charge is 2.09. The second-order valence-corrected chi connectivity index (χ2v) is 4.63. The molecule has 1 unspecified atom stereocenters. The van der Waals surface area contributed by atoms with Gasteiger partial charge in [-0.1, -0.05) is 13.0 Å². The number of hydrogen-bond acceptors (Lipinski definition) is 2. The molecule has 0 spiro atoms. The van der Waals surface area contributed by atoms with Crippen molar-refractivity contribution in [3.05, 3.63) is 42.1 Å². The molecule has 0 aliphatic heterocycles. The van der Waals surface area contributed by atoms with Crippen LogP contribution in [-0.4, -0.2) is 16.3 Å². The maximum absolute atomic E-state index is 10.6. The van der Waals surface area contributed by atoms with E-state index >= 15 is 0 Å². The molecule has 0 aliphatic rings. The molecule has 0 saturated carbocycles. The van der Waals surface area contributed by atoms with Crippen LogP contribution in [0.25, 0.3) is 21.9 Å². The van der Waals surface area contributed by atoms with E-state index in [-0.39, 0.29) is 5.92 Å². The molecule has 0 fully saturated rings. The second kappa shape index (κ2) is 4.26. The quantitative estimate of drug-likeness (QED) is 0.711. The number of nitrogens with zero attached hydrogens (tertiary/aromatic N) is 1. The Morgan fingerprint density at radius 2 is 2.22 bits per heavy atom. The van der Waals surface area contributed by atoms with Gasteiger partial charge in [-0.05, 0) is 35.7 Å². The summed E-state index contributed by atoms with van der Waals surface area (Å²) in [4.78, 5) is 18.2. The van der Waals surface area contributed by atoms with E-state index in [1.54, 1.807) is 6.20 Å². The van der Waals surface area contributed by atoms with Gasteiger partial charge in [-0.2, -0.15) is 0 Å². The lowest BCUT2D eigenvalue weighted by Crippen LogP contribution is -1.93. The molecule has 0 radical (unpaired) electrons. The number of H-pyrrole nitrogens is 1. The van der Waals surface area contributed by atoms with Crippen LogP contribution in [0.1, 0.15) is 24.8 Å². The lowest BCUT2D eigenvalue weighted by atomic mass is 9.97. The second-order valence-electron chi connectivity index (χ2n) is 4.63. The van der Waals surface area contributed by atoms with Crippen molar-refractivity contribution in [2.75, 3.05) is 0 Å². The predicted octanol–water partition coefficient (Wildman–Crippen LogP) is 3.41. The van der Waals surface area contributed by atoms with Crippen LogP contribution in [0.4, 0.5) is 0 Å². The average molecular weight is 238 g/mol. The molecular formula is C15H14N2O. The van der Waals surface area contributed by atoms with Crippen molar-refractivity contribution < 1.29 is 4.79 Å². The molecule has 3 aromatic rings. The third-order valence-electron chi connectivity index (χ3n) is 3.41. The Morgan fingerprint density at radius 1 is 1.33 bits per heavy atom. The van der Waals surface area contributed by atoms with Gasteiger partial charge >= 0.3 is 0 Å². The van der Waals surface area contributed by atoms with Crippen molar-refractivity contribution in [2.45, 2.75) is 19.3 Å². The van der Waals surface area contributed by atoms with Gasteiger partial charge in [-0.15, -0.1) is 0 Å². The van der Waals surface area contributed by atoms with E-state index in [2.05, 4.69) is 41.2 Å². The van der Waals surface area contributed by atoms with Crippen LogP contribution >= 0.6 is 0 Å². The highest BCUT2D eigenvalue weighted by molar-refractivity contribution is 6.05. The summed E-state index contributed by atoms with van der Waals surface area (Å²) in [7, 11) is 0. The van der Waals surface area contributed by atoms with E-state index in [1.165, 1.54) is 10.9 Å². The monoisotopic (exact) mass is 238 g/mol. The zero-order valence-electron chi connectivity index (χ0n) is 10.2. The summed E-state index contributed by atoms with van der Waals surface area (Å²) in [5, 5.41) is 2.31. The Labute approximate surface area is 105 Å². The summed E-state index contributed by atoms with van der Waals surface area (Å²) in [6.45, 7) is 2.07. The van der Waals surface area contributed by atoms with Crippen molar-refractivity contribution >= 4 is 28.2 Å². The lowest BCUT2D eigenvalue weighted by Gasteiger charge is -2.07. The highest BCUT2D eigenvalue weighted by atomic mass is 16.1. The summed E-state index contributed by atoms with van der Waals surface area (Å²) >= 11 is 0.